The Morgan fingerprint density at radius 2 is 1.78 bits per heavy atom. The third kappa shape index (κ3) is 2.35. The van der Waals surface area contributed by atoms with Crippen LogP contribution in [-0.4, -0.2) is 6.61 Å². The molecule has 0 amide bonds. The maximum absolute atomic E-state index is 10.2. The van der Waals surface area contributed by atoms with Crippen LogP contribution in [-0.2, 0) is 0 Å². The fraction of sp³-hybridized carbons (Fsp3) is 1.00. The molecule has 1 fully saturated rings. The van der Waals surface area contributed by atoms with E-state index in [0.29, 0.717) is 0 Å². The molecule has 0 N–H and O–H groups in total. The van der Waals surface area contributed by atoms with Crippen molar-refractivity contribution in [1.82, 2.24) is 0 Å². The summed E-state index contributed by atoms with van der Waals surface area (Å²) in [6.45, 7) is 0.144. The topological polar surface area (TPSA) is 23.1 Å². The minimum Gasteiger partial charge on any atom is -0.854 e. The first kappa shape index (κ1) is 7.07. The van der Waals surface area contributed by atoms with Crippen molar-refractivity contribution in [3.8, 4) is 0 Å². The summed E-state index contributed by atoms with van der Waals surface area (Å²) in [7, 11) is 0. The van der Waals surface area contributed by atoms with E-state index in [2.05, 4.69) is 0 Å². The highest BCUT2D eigenvalue weighted by molar-refractivity contribution is 4.64. The molecule has 0 heterocycles. The number of rotatable bonds is 2. The van der Waals surface area contributed by atoms with E-state index in [1.807, 2.05) is 0 Å². The molecule has 1 rings (SSSR count). The van der Waals surface area contributed by atoms with Crippen molar-refractivity contribution in [2.75, 3.05) is 6.61 Å². The predicted molar refractivity (Wildman–Crippen MR) is 36.1 cm³/mol. The third-order valence-electron chi connectivity index (χ3n) is 2.25. The summed E-state index contributed by atoms with van der Waals surface area (Å²) in [6, 6.07) is 0. The van der Waals surface area contributed by atoms with Gasteiger partial charge in [-0.05, 0) is 5.92 Å². The van der Waals surface area contributed by atoms with Crippen LogP contribution < -0.4 is 5.11 Å². The Balaban J connectivity index is 2.08. The summed E-state index contributed by atoms with van der Waals surface area (Å²) in [5.41, 5.74) is 0. The minimum atomic E-state index is 0.144. The highest BCUT2D eigenvalue weighted by Crippen LogP contribution is 2.25. The molecule has 0 aromatic heterocycles. The molecule has 0 aromatic rings. The van der Waals surface area contributed by atoms with Crippen LogP contribution in [0.15, 0.2) is 0 Å². The van der Waals surface area contributed by atoms with Gasteiger partial charge in [0, 0.05) is 0 Å². The summed E-state index contributed by atoms with van der Waals surface area (Å²) in [5, 5.41) is 10.2. The van der Waals surface area contributed by atoms with Crippen LogP contribution in [0, 0.1) is 5.92 Å². The molecule has 54 valence electrons. The normalized spacial score (nSPS) is 22.3. The van der Waals surface area contributed by atoms with Crippen molar-refractivity contribution in [2.45, 2.75) is 38.5 Å². The van der Waals surface area contributed by atoms with E-state index >= 15 is 0 Å². The molecule has 1 saturated carbocycles. The van der Waals surface area contributed by atoms with Crippen molar-refractivity contribution in [3.63, 3.8) is 0 Å². The molecule has 1 aliphatic rings. The van der Waals surface area contributed by atoms with Gasteiger partial charge in [-0.2, -0.15) is 0 Å². The molecule has 0 radical (unpaired) electrons. The van der Waals surface area contributed by atoms with Crippen LogP contribution in [0.2, 0.25) is 0 Å². The second-order valence-corrected chi connectivity index (χ2v) is 3.00. The lowest BCUT2D eigenvalue weighted by molar-refractivity contribution is -0.370. The number of hydrogen-bond donors (Lipinski definition) is 0. The molecule has 0 aliphatic heterocycles. The van der Waals surface area contributed by atoms with E-state index in [0.717, 1.165) is 12.3 Å². The molecular weight excluding hydrogens is 112 g/mol. The molecule has 1 aliphatic carbocycles. The third-order valence-corrected chi connectivity index (χ3v) is 2.25. The van der Waals surface area contributed by atoms with Gasteiger partial charge in [-0.3, -0.25) is 0 Å². The first-order chi connectivity index (χ1) is 4.43. The maximum atomic E-state index is 10.2. The van der Waals surface area contributed by atoms with Gasteiger partial charge in [0.2, 0.25) is 0 Å². The van der Waals surface area contributed by atoms with Crippen LogP contribution in [0.1, 0.15) is 38.5 Å². The first-order valence-electron chi connectivity index (χ1n) is 4.01. The minimum absolute atomic E-state index is 0.144. The lowest BCUT2D eigenvalue weighted by Gasteiger charge is -2.22. The number of hydrogen-bond acceptors (Lipinski definition) is 1. The van der Waals surface area contributed by atoms with Gasteiger partial charge in [-0.25, -0.2) is 0 Å². The second-order valence-electron chi connectivity index (χ2n) is 3.00. The molecular formula is C8H15O-. The van der Waals surface area contributed by atoms with Crippen LogP contribution in [0.3, 0.4) is 0 Å². The Bertz CT molecular complexity index is 62.2. The highest BCUT2D eigenvalue weighted by atomic mass is 16.3. The van der Waals surface area contributed by atoms with Gasteiger partial charge in [0.15, 0.2) is 0 Å². The zero-order valence-electron chi connectivity index (χ0n) is 5.94. The monoisotopic (exact) mass is 127 g/mol. The summed E-state index contributed by atoms with van der Waals surface area (Å²) >= 11 is 0. The van der Waals surface area contributed by atoms with Crippen LogP contribution in [0.4, 0.5) is 0 Å². The standard InChI is InChI=1S/C8H15O/c9-7-6-8-4-2-1-3-5-8/h8H,1-7H2/q-1. The highest BCUT2D eigenvalue weighted by Gasteiger charge is 2.10. The molecule has 0 atom stereocenters. The van der Waals surface area contributed by atoms with Crippen molar-refractivity contribution in [3.05, 3.63) is 0 Å². The lowest BCUT2D eigenvalue weighted by atomic mass is 9.87. The first-order valence-corrected chi connectivity index (χ1v) is 4.01. The largest absolute Gasteiger partial charge is 0.854 e. The zero-order chi connectivity index (χ0) is 6.53. The predicted octanol–water partition coefficient (Wildman–Crippen LogP) is 1.32. The van der Waals surface area contributed by atoms with Gasteiger partial charge < -0.3 is 5.11 Å². The van der Waals surface area contributed by atoms with E-state index in [4.69, 9.17) is 0 Å². The zero-order valence-corrected chi connectivity index (χ0v) is 5.94. The van der Waals surface area contributed by atoms with Crippen molar-refractivity contribution in [2.24, 2.45) is 5.92 Å². The van der Waals surface area contributed by atoms with Gasteiger partial charge in [0.1, 0.15) is 0 Å². The van der Waals surface area contributed by atoms with E-state index in [1.54, 1.807) is 0 Å². The van der Waals surface area contributed by atoms with Gasteiger partial charge in [-0.15, -0.1) is 6.61 Å². The smallest absolute Gasteiger partial charge is 0.0427 e. The van der Waals surface area contributed by atoms with Crippen LogP contribution >= 0.6 is 0 Å². The average Bonchev–Trinajstić information content (AvgIpc) is 1.91. The molecule has 9 heavy (non-hydrogen) atoms. The molecule has 0 bridgehead atoms. The van der Waals surface area contributed by atoms with Crippen molar-refractivity contribution < 1.29 is 5.11 Å². The second kappa shape index (κ2) is 3.89. The van der Waals surface area contributed by atoms with Gasteiger partial charge in [0.25, 0.3) is 0 Å². The lowest BCUT2D eigenvalue weighted by Crippen LogP contribution is -2.14. The molecule has 0 aromatic carbocycles. The molecule has 0 saturated heterocycles. The van der Waals surface area contributed by atoms with Gasteiger partial charge in [-0.1, -0.05) is 38.5 Å². The van der Waals surface area contributed by atoms with Gasteiger partial charge >= 0.3 is 0 Å². The van der Waals surface area contributed by atoms with Crippen LogP contribution in [0.5, 0.6) is 0 Å². The fourth-order valence-electron chi connectivity index (χ4n) is 1.64. The molecule has 1 heteroatoms. The Labute approximate surface area is 57.1 Å². The van der Waals surface area contributed by atoms with Crippen molar-refractivity contribution in [1.29, 1.82) is 0 Å². The SMILES string of the molecule is [O-]CCC1CCCCC1. The van der Waals surface area contributed by atoms with E-state index in [1.165, 1.54) is 32.1 Å². The summed E-state index contributed by atoms with van der Waals surface area (Å²) in [5.74, 6) is 0.788. The van der Waals surface area contributed by atoms with Gasteiger partial charge in [0.05, 0.1) is 0 Å². The summed E-state index contributed by atoms with van der Waals surface area (Å²) < 4.78 is 0. The summed E-state index contributed by atoms with van der Waals surface area (Å²) in [6.07, 6.45) is 7.70. The Morgan fingerprint density at radius 3 is 2.33 bits per heavy atom. The molecule has 0 unspecified atom stereocenters. The quantitative estimate of drug-likeness (QED) is 0.548. The Hall–Kier alpha value is -0.0400. The summed E-state index contributed by atoms with van der Waals surface area (Å²) in [4.78, 5) is 0. The fourth-order valence-corrected chi connectivity index (χ4v) is 1.64. The molecule has 0 spiro atoms. The van der Waals surface area contributed by atoms with E-state index in [9.17, 15) is 5.11 Å². The van der Waals surface area contributed by atoms with Crippen LogP contribution in [0.25, 0.3) is 0 Å². The Kier molecular flexibility index (Phi) is 3.05. The average molecular weight is 127 g/mol. The van der Waals surface area contributed by atoms with Crippen molar-refractivity contribution >= 4 is 0 Å². The Morgan fingerprint density at radius 1 is 1.11 bits per heavy atom. The van der Waals surface area contributed by atoms with E-state index in [-0.39, 0.29) is 6.61 Å². The molecule has 1 nitrogen and oxygen atoms in total. The van der Waals surface area contributed by atoms with E-state index < -0.39 is 0 Å². The maximum Gasteiger partial charge on any atom is -0.0427 e.